The van der Waals surface area contributed by atoms with Gasteiger partial charge in [0.2, 0.25) is 6.04 Å². The Morgan fingerprint density at radius 3 is 2.55 bits per heavy atom. The van der Waals surface area contributed by atoms with Crippen molar-refractivity contribution in [3.8, 4) is 0 Å². The first-order valence-electron chi connectivity index (χ1n) is 6.05. The lowest BCUT2D eigenvalue weighted by Gasteiger charge is -2.08. The molecule has 0 aliphatic carbocycles. The molecular formula is C13H16N2O5. The van der Waals surface area contributed by atoms with E-state index in [4.69, 9.17) is 5.73 Å². The van der Waals surface area contributed by atoms with Crippen LogP contribution in [0.4, 0.5) is 5.69 Å². The van der Waals surface area contributed by atoms with Gasteiger partial charge in [0.25, 0.3) is 0 Å². The molecule has 108 valence electrons. The molecule has 7 nitrogen and oxygen atoms in total. The van der Waals surface area contributed by atoms with E-state index in [1.165, 1.54) is 25.3 Å². The number of rotatable bonds is 6. The number of esters is 1. The molecule has 0 fully saturated rings. The first-order valence-corrected chi connectivity index (χ1v) is 6.05. The van der Waals surface area contributed by atoms with Crippen LogP contribution in [0.15, 0.2) is 18.2 Å². The summed E-state index contributed by atoms with van der Waals surface area (Å²) in [7, 11) is 1.23. The molecule has 0 aliphatic heterocycles. The van der Waals surface area contributed by atoms with Crippen LogP contribution >= 0.6 is 0 Å². The third kappa shape index (κ3) is 3.53. The van der Waals surface area contributed by atoms with Crippen molar-refractivity contribution in [3.05, 3.63) is 39.4 Å². The molecule has 0 heterocycles. The van der Waals surface area contributed by atoms with Crippen molar-refractivity contribution in [1.29, 1.82) is 0 Å². The van der Waals surface area contributed by atoms with Gasteiger partial charge in [-0.3, -0.25) is 14.9 Å². The van der Waals surface area contributed by atoms with Crippen LogP contribution in [0.2, 0.25) is 0 Å². The lowest BCUT2D eigenvalue weighted by atomic mass is 10.0. The summed E-state index contributed by atoms with van der Waals surface area (Å²) in [5.74, 6) is -0.977. The summed E-state index contributed by atoms with van der Waals surface area (Å²) in [6.45, 7) is 1.65. The van der Waals surface area contributed by atoms with E-state index in [-0.39, 0.29) is 35.4 Å². The van der Waals surface area contributed by atoms with E-state index in [0.717, 1.165) is 0 Å². The topological polar surface area (TPSA) is 113 Å². The molecule has 0 amide bonds. The fraction of sp³-hybridized carbons (Fsp3) is 0.385. The maximum atomic E-state index is 11.9. The molecule has 2 N–H and O–H groups in total. The number of nitrogens with zero attached hydrogens (tertiary/aromatic N) is 1. The Morgan fingerprint density at radius 2 is 2.10 bits per heavy atom. The molecule has 0 aromatic heterocycles. The molecule has 1 unspecified atom stereocenters. The maximum Gasteiger partial charge on any atom is 0.339 e. The molecule has 0 spiro atoms. The summed E-state index contributed by atoms with van der Waals surface area (Å²) in [6.07, 6.45) is 0.0784. The molecule has 0 saturated carbocycles. The molecule has 1 aromatic carbocycles. The number of anilines is 1. The predicted molar refractivity (Wildman–Crippen MR) is 72.2 cm³/mol. The molecule has 20 heavy (non-hydrogen) atoms. The van der Waals surface area contributed by atoms with Crippen molar-refractivity contribution < 1.29 is 19.2 Å². The summed E-state index contributed by atoms with van der Waals surface area (Å²) < 4.78 is 4.54. The quantitative estimate of drug-likeness (QED) is 0.279. The van der Waals surface area contributed by atoms with Crippen molar-refractivity contribution in [1.82, 2.24) is 0 Å². The highest BCUT2D eigenvalue weighted by molar-refractivity contribution is 6.01. The highest BCUT2D eigenvalue weighted by Crippen LogP contribution is 2.18. The maximum absolute atomic E-state index is 11.9. The van der Waals surface area contributed by atoms with Crippen LogP contribution in [-0.4, -0.2) is 29.8 Å². The summed E-state index contributed by atoms with van der Waals surface area (Å²) in [5, 5.41) is 10.7. The second-order valence-corrected chi connectivity index (χ2v) is 4.27. The van der Waals surface area contributed by atoms with E-state index in [1.807, 2.05) is 0 Å². The largest absolute Gasteiger partial charge is 0.465 e. The van der Waals surface area contributed by atoms with Crippen molar-refractivity contribution in [2.45, 2.75) is 25.8 Å². The lowest BCUT2D eigenvalue weighted by Crippen LogP contribution is -2.22. The number of methoxy groups -OCH3 is 1. The Kier molecular flexibility index (Phi) is 5.19. The minimum absolute atomic E-state index is 0.108. The number of Topliss-reactive ketones (excluding diaryl/α,β-unsaturated/α-hetero) is 1. The average molecular weight is 280 g/mol. The van der Waals surface area contributed by atoms with Gasteiger partial charge < -0.3 is 10.5 Å². The van der Waals surface area contributed by atoms with Gasteiger partial charge in [0.15, 0.2) is 5.78 Å². The predicted octanol–water partition coefficient (Wildman–Crippen LogP) is 1.68. The first-order chi connectivity index (χ1) is 9.40. The summed E-state index contributed by atoms with van der Waals surface area (Å²) >= 11 is 0. The standard InChI is InChI=1S/C13H16N2O5/c1-3-9(15(18)19)7-12(16)8-4-5-10(11(14)6-8)13(17)20-2/h4-6,9H,3,7,14H2,1-2H3. The van der Waals surface area contributed by atoms with Gasteiger partial charge >= 0.3 is 5.97 Å². The van der Waals surface area contributed by atoms with Crippen molar-refractivity contribution in [2.24, 2.45) is 0 Å². The van der Waals surface area contributed by atoms with Gasteiger partial charge in [-0.1, -0.05) is 13.0 Å². The molecule has 0 saturated heterocycles. The highest BCUT2D eigenvalue weighted by Gasteiger charge is 2.23. The normalized spacial score (nSPS) is 11.7. The lowest BCUT2D eigenvalue weighted by molar-refractivity contribution is -0.521. The van der Waals surface area contributed by atoms with Gasteiger partial charge in [0, 0.05) is 22.6 Å². The van der Waals surface area contributed by atoms with Crippen LogP contribution in [0.1, 0.15) is 40.5 Å². The zero-order chi connectivity index (χ0) is 15.3. The Labute approximate surface area is 115 Å². The average Bonchev–Trinajstić information content (AvgIpc) is 2.43. The number of nitrogens with two attached hydrogens (primary N) is 1. The SMILES string of the molecule is CCC(CC(=O)c1ccc(C(=O)OC)c(N)c1)[N+](=O)[O-]. The highest BCUT2D eigenvalue weighted by atomic mass is 16.6. The number of benzene rings is 1. The monoisotopic (exact) mass is 280 g/mol. The number of hydrogen-bond donors (Lipinski definition) is 1. The second kappa shape index (κ2) is 6.65. The van der Waals surface area contributed by atoms with E-state index in [0.29, 0.717) is 0 Å². The molecule has 0 aliphatic rings. The van der Waals surface area contributed by atoms with Crippen LogP contribution in [0.5, 0.6) is 0 Å². The number of nitrogen functional groups attached to an aromatic ring is 1. The molecule has 0 bridgehead atoms. The van der Waals surface area contributed by atoms with Crippen molar-refractivity contribution in [2.75, 3.05) is 12.8 Å². The zero-order valence-corrected chi connectivity index (χ0v) is 11.3. The van der Waals surface area contributed by atoms with Gasteiger partial charge in [0.1, 0.15) is 0 Å². The van der Waals surface area contributed by atoms with Crippen LogP contribution in [0, 0.1) is 10.1 Å². The van der Waals surface area contributed by atoms with E-state index < -0.39 is 16.9 Å². The van der Waals surface area contributed by atoms with E-state index in [9.17, 15) is 19.7 Å². The smallest absolute Gasteiger partial charge is 0.339 e. The number of ketones is 1. The number of ether oxygens (including phenoxy) is 1. The number of nitro groups is 1. The second-order valence-electron chi connectivity index (χ2n) is 4.27. The number of carbonyl (C=O) groups excluding carboxylic acids is 2. The molecule has 1 rings (SSSR count). The van der Waals surface area contributed by atoms with E-state index in [2.05, 4.69) is 4.74 Å². The third-order valence-corrected chi connectivity index (χ3v) is 2.97. The first kappa shape index (κ1) is 15.6. The van der Waals surface area contributed by atoms with Crippen LogP contribution in [0.3, 0.4) is 0 Å². The zero-order valence-electron chi connectivity index (χ0n) is 11.3. The molecule has 1 atom stereocenters. The third-order valence-electron chi connectivity index (χ3n) is 2.97. The fourth-order valence-corrected chi connectivity index (χ4v) is 1.73. The number of carbonyl (C=O) groups is 2. The van der Waals surface area contributed by atoms with Gasteiger partial charge in [-0.2, -0.15) is 0 Å². The van der Waals surface area contributed by atoms with Crippen LogP contribution in [0.25, 0.3) is 0 Å². The van der Waals surface area contributed by atoms with Gasteiger partial charge in [-0.15, -0.1) is 0 Å². The van der Waals surface area contributed by atoms with E-state index >= 15 is 0 Å². The van der Waals surface area contributed by atoms with Crippen LogP contribution < -0.4 is 5.73 Å². The summed E-state index contributed by atoms with van der Waals surface area (Å²) in [4.78, 5) is 33.5. The van der Waals surface area contributed by atoms with Gasteiger partial charge in [0.05, 0.1) is 19.1 Å². The Balaban J connectivity index is 2.93. The van der Waals surface area contributed by atoms with Crippen LogP contribution in [-0.2, 0) is 4.74 Å². The fourth-order valence-electron chi connectivity index (χ4n) is 1.73. The van der Waals surface area contributed by atoms with Crippen molar-refractivity contribution >= 4 is 17.4 Å². The minimum atomic E-state index is -0.913. The van der Waals surface area contributed by atoms with Crippen molar-refractivity contribution in [3.63, 3.8) is 0 Å². The Bertz CT molecular complexity index is 542. The van der Waals surface area contributed by atoms with Gasteiger partial charge in [-0.25, -0.2) is 4.79 Å². The molecule has 7 heteroatoms. The minimum Gasteiger partial charge on any atom is -0.465 e. The molecule has 1 aromatic rings. The molecule has 0 radical (unpaired) electrons. The van der Waals surface area contributed by atoms with Gasteiger partial charge in [-0.05, 0) is 12.1 Å². The summed E-state index contributed by atoms with van der Waals surface area (Å²) in [5.41, 5.74) is 6.18. The molecular weight excluding hydrogens is 264 g/mol. The van der Waals surface area contributed by atoms with E-state index in [1.54, 1.807) is 6.92 Å². The summed E-state index contributed by atoms with van der Waals surface area (Å²) in [6, 6.07) is 3.21. The number of hydrogen-bond acceptors (Lipinski definition) is 6. The Morgan fingerprint density at radius 1 is 1.45 bits per heavy atom. The Hall–Kier alpha value is -2.44.